The molecule has 0 N–H and O–H groups in total. The van der Waals surface area contributed by atoms with Crippen LogP contribution in [0.4, 0.5) is 4.39 Å². The second-order valence-corrected chi connectivity index (χ2v) is 6.42. The second kappa shape index (κ2) is 5.77. The summed E-state index contributed by atoms with van der Waals surface area (Å²) in [4.78, 5) is 4.33. The molecule has 4 rings (SSSR count). The van der Waals surface area contributed by atoms with E-state index in [-0.39, 0.29) is 5.82 Å². The van der Waals surface area contributed by atoms with Gasteiger partial charge in [-0.05, 0) is 37.1 Å². The van der Waals surface area contributed by atoms with Crippen LogP contribution in [0.2, 0.25) is 0 Å². The fourth-order valence-corrected chi connectivity index (χ4v) is 3.06. The van der Waals surface area contributed by atoms with E-state index in [0.717, 1.165) is 16.5 Å². The third kappa shape index (κ3) is 2.98. The first kappa shape index (κ1) is 14.4. The van der Waals surface area contributed by atoms with Crippen molar-refractivity contribution >= 4 is 11.8 Å². The maximum atomic E-state index is 12.9. The van der Waals surface area contributed by atoms with E-state index < -0.39 is 0 Å². The Bertz CT molecular complexity index is 825. The third-order valence-corrected chi connectivity index (χ3v) is 4.71. The maximum absolute atomic E-state index is 12.9. The van der Waals surface area contributed by atoms with Crippen molar-refractivity contribution in [3.8, 4) is 11.4 Å². The molecule has 1 aromatic carbocycles. The zero-order valence-electron chi connectivity index (χ0n) is 12.4. The topological polar surface area (TPSA) is 69.6 Å². The van der Waals surface area contributed by atoms with Crippen LogP contribution < -0.4 is 0 Å². The molecule has 1 aliphatic rings. The average Bonchev–Trinajstić information content (AvgIpc) is 3.17. The normalized spacial score (nSPS) is 14.3. The first-order chi connectivity index (χ1) is 11.2. The molecule has 0 amide bonds. The number of aromatic nitrogens is 5. The van der Waals surface area contributed by atoms with Gasteiger partial charge in [0.15, 0.2) is 5.16 Å². The quantitative estimate of drug-likeness (QED) is 0.669. The number of halogens is 1. The first-order valence-electron chi connectivity index (χ1n) is 7.31. The van der Waals surface area contributed by atoms with Gasteiger partial charge < -0.3 is 9.09 Å². The SMILES string of the molecule is Cn1c(SCc2nc(-c3ccc(F)cc3)no2)nnc1C1CC1. The molecule has 3 aromatic rings. The Hall–Kier alpha value is -2.22. The van der Waals surface area contributed by atoms with Crippen LogP contribution in [-0.4, -0.2) is 24.9 Å². The van der Waals surface area contributed by atoms with Crippen molar-refractivity contribution < 1.29 is 8.91 Å². The molecular weight excluding hydrogens is 317 g/mol. The van der Waals surface area contributed by atoms with Gasteiger partial charge in [-0.2, -0.15) is 4.98 Å². The molecule has 8 heteroatoms. The molecule has 1 aliphatic carbocycles. The van der Waals surface area contributed by atoms with Crippen molar-refractivity contribution in [3.05, 3.63) is 41.8 Å². The van der Waals surface area contributed by atoms with Gasteiger partial charge in [0.2, 0.25) is 11.7 Å². The van der Waals surface area contributed by atoms with Crippen LogP contribution in [0.5, 0.6) is 0 Å². The Morgan fingerprint density at radius 3 is 2.78 bits per heavy atom. The minimum absolute atomic E-state index is 0.290. The van der Waals surface area contributed by atoms with Gasteiger partial charge in [0, 0.05) is 18.5 Å². The van der Waals surface area contributed by atoms with E-state index in [9.17, 15) is 4.39 Å². The Morgan fingerprint density at radius 2 is 2.04 bits per heavy atom. The predicted molar refractivity (Wildman–Crippen MR) is 82.2 cm³/mol. The van der Waals surface area contributed by atoms with E-state index >= 15 is 0 Å². The molecule has 0 aliphatic heterocycles. The van der Waals surface area contributed by atoms with E-state index in [1.165, 1.54) is 36.7 Å². The molecule has 1 fully saturated rings. The van der Waals surface area contributed by atoms with Gasteiger partial charge in [0.05, 0.1) is 5.75 Å². The predicted octanol–water partition coefficient (Wildman–Crippen LogP) is 3.17. The van der Waals surface area contributed by atoms with Gasteiger partial charge in [-0.15, -0.1) is 10.2 Å². The van der Waals surface area contributed by atoms with E-state index in [2.05, 4.69) is 20.3 Å². The highest BCUT2D eigenvalue weighted by Gasteiger charge is 2.29. The standard InChI is InChI=1S/C15H14FN5OS/c1-21-14(10-2-3-10)18-19-15(21)23-8-12-17-13(20-22-12)9-4-6-11(16)7-5-9/h4-7,10H,2-3,8H2,1H3. The number of benzene rings is 1. The number of nitrogens with zero attached hydrogens (tertiary/aromatic N) is 5. The summed E-state index contributed by atoms with van der Waals surface area (Å²) in [7, 11) is 1.98. The molecule has 0 bridgehead atoms. The first-order valence-corrected chi connectivity index (χ1v) is 8.30. The minimum Gasteiger partial charge on any atom is -0.338 e. The van der Waals surface area contributed by atoms with Crippen LogP contribution >= 0.6 is 11.8 Å². The summed E-state index contributed by atoms with van der Waals surface area (Å²) in [5.74, 6) is 2.80. The smallest absolute Gasteiger partial charge is 0.237 e. The zero-order chi connectivity index (χ0) is 15.8. The van der Waals surface area contributed by atoms with E-state index in [1.807, 2.05) is 11.6 Å². The van der Waals surface area contributed by atoms with E-state index in [4.69, 9.17) is 4.52 Å². The maximum Gasteiger partial charge on any atom is 0.237 e. The fraction of sp³-hybridized carbons (Fsp3) is 0.333. The summed E-state index contributed by atoms with van der Waals surface area (Å²) < 4.78 is 20.2. The van der Waals surface area contributed by atoms with Crippen LogP contribution in [0, 0.1) is 5.82 Å². The molecule has 0 spiro atoms. The van der Waals surface area contributed by atoms with Gasteiger partial charge >= 0.3 is 0 Å². The Morgan fingerprint density at radius 1 is 1.26 bits per heavy atom. The molecule has 0 radical (unpaired) electrons. The highest BCUT2D eigenvalue weighted by Crippen LogP contribution is 2.39. The van der Waals surface area contributed by atoms with Crippen LogP contribution in [0.1, 0.15) is 30.5 Å². The summed E-state index contributed by atoms with van der Waals surface area (Å²) in [6.07, 6.45) is 2.39. The van der Waals surface area contributed by atoms with Crippen molar-refractivity contribution in [1.82, 2.24) is 24.9 Å². The summed E-state index contributed by atoms with van der Waals surface area (Å²) in [5, 5.41) is 13.2. The van der Waals surface area contributed by atoms with Gasteiger partial charge in [0.1, 0.15) is 11.6 Å². The lowest BCUT2D eigenvalue weighted by atomic mass is 10.2. The average molecular weight is 331 g/mol. The summed E-state index contributed by atoms with van der Waals surface area (Å²) in [5.41, 5.74) is 0.723. The lowest BCUT2D eigenvalue weighted by Crippen LogP contribution is -1.97. The Labute approximate surface area is 136 Å². The summed E-state index contributed by atoms with van der Waals surface area (Å²) in [6, 6.07) is 6.00. The molecule has 0 atom stereocenters. The lowest BCUT2D eigenvalue weighted by Gasteiger charge is -2.00. The molecule has 2 heterocycles. The van der Waals surface area contributed by atoms with Crippen LogP contribution in [0.3, 0.4) is 0 Å². The molecule has 0 saturated heterocycles. The van der Waals surface area contributed by atoms with E-state index in [0.29, 0.717) is 23.4 Å². The monoisotopic (exact) mass is 331 g/mol. The van der Waals surface area contributed by atoms with Gasteiger partial charge in [-0.25, -0.2) is 4.39 Å². The van der Waals surface area contributed by atoms with Crippen molar-refractivity contribution in [2.24, 2.45) is 7.05 Å². The molecule has 1 saturated carbocycles. The largest absolute Gasteiger partial charge is 0.338 e. The van der Waals surface area contributed by atoms with Gasteiger partial charge in [-0.3, -0.25) is 0 Å². The van der Waals surface area contributed by atoms with Crippen molar-refractivity contribution in [3.63, 3.8) is 0 Å². The van der Waals surface area contributed by atoms with Crippen molar-refractivity contribution in [1.29, 1.82) is 0 Å². The fourth-order valence-electron chi connectivity index (χ4n) is 2.30. The highest BCUT2D eigenvalue weighted by molar-refractivity contribution is 7.98. The van der Waals surface area contributed by atoms with E-state index in [1.54, 1.807) is 12.1 Å². The molecule has 23 heavy (non-hydrogen) atoms. The minimum atomic E-state index is -0.290. The lowest BCUT2D eigenvalue weighted by molar-refractivity contribution is 0.391. The second-order valence-electron chi connectivity index (χ2n) is 5.48. The molecule has 6 nitrogen and oxygen atoms in total. The van der Waals surface area contributed by atoms with Gasteiger partial charge in [-0.1, -0.05) is 16.9 Å². The number of rotatable bonds is 5. The molecule has 118 valence electrons. The summed E-state index contributed by atoms with van der Waals surface area (Å²) in [6.45, 7) is 0. The summed E-state index contributed by atoms with van der Waals surface area (Å²) >= 11 is 1.51. The molecule has 0 unspecified atom stereocenters. The molecular formula is C15H14FN5OS. The van der Waals surface area contributed by atoms with Crippen molar-refractivity contribution in [2.45, 2.75) is 29.7 Å². The number of thioether (sulfide) groups is 1. The zero-order valence-corrected chi connectivity index (χ0v) is 13.3. The number of hydrogen-bond acceptors (Lipinski definition) is 6. The van der Waals surface area contributed by atoms with Crippen LogP contribution in [0.25, 0.3) is 11.4 Å². The van der Waals surface area contributed by atoms with Gasteiger partial charge in [0.25, 0.3) is 0 Å². The third-order valence-electron chi connectivity index (χ3n) is 3.71. The highest BCUT2D eigenvalue weighted by atomic mass is 32.2. The van der Waals surface area contributed by atoms with Crippen LogP contribution in [-0.2, 0) is 12.8 Å². The molecule has 2 aromatic heterocycles. The Balaban J connectivity index is 1.44. The van der Waals surface area contributed by atoms with Crippen molar-refractivity contribution in [2.75, 3.05) is 0 Å². The Kier molecular flexibility index (Phi) is 3.60. The van der Waals surface area contributed by atoms with Crippen LogP contribution in [0.15, 0.2) is 33.9 Å². The number of hydrogen-bond donors (Lipinski definition) is 0.